The standard InChI is InChI=1S/C13H23N3OS/c1-4-13-14-12(15-17-13)9-16(3)10-6-7-11(8-10)18-5-2/h10-11H,4-9H2,1-3H3/t10-,11-/m1/s1. The predicted octanol–water partition coefficient (Wildman–Crippen LogP) is 2.74. The number of rotatable bonds is 6. The monoisotopic (exact) mass is 269 g/mol. The summed E-state index contributed by atoms with van der Waals surface area (Å²) < 4.78 is 5.15. The van der Waals surface area contributed by atoms with Crippen molar-refractivity contribution in [1.29, 1.82) is 0 Å². The molecule has 0 radical (unpaired) electrons. The van der Waals surface area contributed by atoms with E-state index in [4.69, 9.17) is 4.52 Å². The molecule has 1 aliphatic carbocycles. The number of thioether (sulfide) groups is 1. The van der Waals surface area contributed by atoms with Gasteiger partial charge in [-0.05, 0) is 32.1 Å². The fraction of sp³-hybridized carbons (Fsp3) is 0.846. The molecule has 5 heteroatoms. The Morgan fingerprint density at radius 2 is 2.22 bits per heavy atom. The van der Waals surface area contributed by atoms with E-state index in [-0.39, 0.29) is 0 Å². The van der Waals surface area contributed by atoms with Crippen LogP contribution in [0, 0.1) is 0 Å². The Hall–Kier alpha value is -0.550. The van der Waals surface area contributed by atoms with Crippen LogP contribution in [0.4, 0.5) is 0 Å². The van der Waals surface area contributed by atoms with Crippen LogP contribution in [0.3, 0.4) is 0 Å². The van der Waals surface area contributed by atoms with Gasteiger partial charge in [-0.3, -0.25) is 4.90 Å². The highest BCUT2D eigenvalue weighted by Crippen LogP contribution is 2.32. The van der Waals surface area contributed by atoms with E-state index in [2.05, 4.69) is 40.8 Å². The van der Waals surface area contributed by atoms with Crippen molar-refractivity contribution < 1.29 is 4.52 Å². The van der Waals surface area contributed by atoms with Gasteiger partial charge in [0.1, 0.15) is 0 Å². The number of hydrogen-bond donors (Lipinski definition) is 0. The van der Waals surface area contributed by atoms with Crippen LogP contribution < -0.4 is 0 Å². The lowest BCUT2D eigenvalue weighted by Crippen LogP contribution is -2.29. The van der Waals surface area contributed by atoms with E-state index in [1.807, 2.05) is 6.92 Å². The van der Waals surface area contributed by atoms with Crippen molar-refractivity contribution in [2.45, 2.75) is 57.4 Å². The fourth-order valence-electron chi connectivity index (χ4n) is 2.55. The first-order valence-electron chi connectivity index (χ1n) is 6.86. The minimum Gasteiger partial charge on any atom is -0.339 e. The zero-order valence-electron chi connectivity index (χ0n) is 11.6. The second-order valence-corrected chi connectivity index (χ2v) is 6.49. The molecule has 0 aromatic carbocycles. The molecule has 0 spiro atoms. The first-order chi connectivity index (χ1) is 8.72. The second-order valence-electron chi connectivity index (χ2n) is 4.92. The number of hydrogen-bond acceptors (Lipinski definition) is 5. The van der Waals surface area contributed by atoms with Crippen molar-refractivity contribution in [3.8, 4) is 0 Å². The van der Waals surface area contributed by atoms with E-state index in [1.165, 1.54) is 25.0 Å². The summed E-state index contributed by atoms with van der Waals surface area (Å²) in [6, 6.07) is 0.678. The quantitative estimate of drug-likeness (QED) is 0.794. The van der Waals surface area contributed by atoms with Crippen LogP contribution in [0.15, 0.2) is 4.52 Å². The van der Waals surface area contributed by atoms with Gasteiger partial charge in [-0.1, -0.05) is 19.0 Å². The van der Waals surface area contributed by atoms with Crippen LogP contribution in [-0.2, 0) is 13.0 Å². The molecule has 102 valence electrons. The van der Waals surface area contributed by atoms with Gasteiger partial charge in [0.15, 0.2) is 5.82 Å². The summed E-state index contributed by atoms with van der Waals surface area (Å²) in [5.74, 6) is 2.79. The highest BCUT2D eigenvalue weighted by Gasteiger charge is 2.27. The third-order valence-corrected chi connectivity index (χ3v) is 4.82. The van der Waals surface area contributed by atoms with Gasteiger partial charge < -0.3 is 4.52 Å². The van der Waals surface area contributed by atoms with Crippen LogP contribution in [0.1, 0.15) is 44.8 Å². The molecular weight excluding hydrogens is 246 g/mol. The molecule has 4 nitrogen and oxygen atoms in total. The molecule has 0 unspecified atom stereocenters. The van der Waals surface area contributed by atoms with Crippen molar-refractivity contribution in [3.63, 3.8) is 0 Å². The maximum Gasteiger partial charge on any atom is 0.226 e. The molecule has 0 saturated heterocycles. The molecule has 1 fully saturated rings. The summed E-state index contributed by atoms with van der Waals surface area (Å²) in [7, 11) is 2.17. The fourth-order valence-corrected chi connectivity index (χ4v) is 3.69. The van der Waals surface area contributed by atoms with Crippen LogP contribution in [0.2, 0.25) is 0 Å². The third-order valence-electron chi connectivity index (χ3n) is 3.59. The van der Waals surface area contributed by atoms with Gasteiger partial charge in [0.25, 0.3) is 0 Å². The van der Waals surface area contributed by atoms with E-state index < -0.39 is 0 Å². The summed E-state index contributed by atoms with van der Waals surface area (Å²) in [4.78, 5) is 6.75. The van der Waals surface area contributed by atoms with Gasteiger partial charge in [-0.25, -0.2) is 0 Å². The topological polar surface area (TPSA) is 42.2 Å². The van der Waals surface area contributed by atoms with Crippen molar-refractivity contribution in [2.24, 2.45) is 0 Å². The van der Waals surface area contributed by atoms with Crippen LogP contribution in [0.5, 0.6) is 0 Å². The van der Waals surface area contributed by atoms with Crippen LogP contribution in [0.25, 0.3) is 0 Å². The van der Waals surface area contributed by atoms with Crippen molar-refractivity contribution in [1.82, 2.24) is 15.0 Å². The number of nitrogens with zero attached hydrogens (tertiary/aromatic N) is 3. The molecule has 0 N–H and O–H groups in total. The molecule has 0 aliphatic heterocycles. The molecule has 2 atom stereocenters. The summed E-state index contributed by atoms with van der Waals surface area (Å²) in [6.45, 7) is 5.08. The summed E-state index contributed by atoms with van der Waals surface area (Å²) in [5, 5.41) is 4.87. The van der Waals surface area contributed by atoms with Crippen LogP contribution in [-0.4, -0.2) is 39.1 Å². The van der Waals surface area contributed by atoms with Gasteiger partial charge in [-0.2, -0.15) is 16.7 Å². The number of aryl methyl sites for hydroxylation is 1. The zero-order chi connectivity index (χ0) is 13.0. The van der Waals surface area contributed by atoms with Crippen molar-refractivity contribution >= 4 is 11.8 Å². The van der Waals surface area contributed by atoms with Gasteiger partial charge in [0, 0.05) is 17.7 Å². The Morgan fingerprint density at radius 1 is 1.39 bits per heavy atom. The first kappa shape index (κ1) is 13.9. The lowest BCUT2D eigenvalue weighted by Gasteiger charge is -2.22. The Kier molecular flexibility index (Phi) is 5.06. The van der Waals surface area contributed by atoms with Crippen molar-refractivity contribution in [3.05, 3.63) is 11.7 Å². The highest BCUT2D eigenvalue weighted by atomic mass is 32.2. The summed E-state index contributed by atoms with van der Waals surface area (Å²) >= 11 is 2.10. The molecule has 18 heavy (non-hydrogen) atoms. The van der Waals surface area contributed by atoms with Crippen molar-refractivity contribution in [2.75, 3.05) is 12.8 Å². The SMILES string of the molecule is CCS[C@@H]1CC[C@@H](N(C)Cc2noc(CC)n2)C1. The minimum absolute atomic E-state index is 0.678. The number of aromatic nitrogens is 2. The summed E-state index contributed by atoms with van der Waals surface area (Å²) in [6.07, 6.45) is 4.76. The molecule has 1 aromatic rings. The predicted molar refractivity (Wildman–Crippen MR) is 74.7 cm³/mol. The summed E-state index contributed by atoms with van der Waals surface area (Å²) in [5.41, 5.74) is 0. The minimum atomic E-state index is 0.678. The van der Waals surface area contributed by atoms with E-state index in [1.54, 1.807) is 0 Å². The highest BCUT2D eigenvalue weighted by molar-refractivity contribution is 7.99. The van der Waals surface area contributed by atoms with E-state index in [9.17, 15) is 0 Å². The molecule has 1 aromatic heterocycles. The van der Waals surface area contributed by atoms with E-state index >= 15 is 0 Å². The lowest BCUT2D eigenvalue weighted by molar-refractivity contribution is 0.228. The third kappa shape index (κ3) is 3.48. The average molecular weight is 269 g/mol. The average Bonchev–Trinajstić information content (AvgIpc) is 2.98. The molecule has 1 aliphatic rings. The lowest BCUT2D eigenvalue weighted by atomic mass is 10.2. The Balaban J connectivity index is 1.83. The smallest absolute Gasteiger partial charge is 0.226 e. The maximum absolute atomic E-state index is 5.15. The van der Waals surface area contributed by atoms with Gasteiger partial charge in [0.05, 0.1) is 6.54 Å². The zero-order valence-corrected chi connectivity index (χ0v) is 12.4. The molecular formula is C13H23N3OS. The van der Waals surface area contributed by atoms with Crippen LogP contribution >= 0.6 is 11.8 Å². The maximum atomic E-state index is 5.15. The Morgan fingerprint density at radius 3 is 2.89 bits per heavy atom. The van der Waals surface area contributed by atoms with E-state index in [0.29, 0.717) is 6.04 Å². The Bertz CT molecular complexity index is 369. The molecule has 1 heterocycles. The molecule has 2 rings (SSSR count). The van der Waals surface area contributed by atoms with Gasteiger partial charge >= 0.3 is 0 Å². The van der Waals surface area contributed by atoms with Gasteiger partial charge in [0.2, 0.25) is 5.89 Å². The Labute approximate surface area is 114 Å². The molecule has 0 bridgehead atoms. The molecule has 1 saturated carbocycles. The second kappa shape index (κ2) is 6.57. The first-order valence-corrected chi connectivity index (χ1v) is 7.91. The van der Waals surface area contributed by atoms with E-state index in [0.717, 1.165) is 29.9 Å². The normalized spacial score (nSPS) is 24.0. The largest absolute Gasteiger partial charge is 0.339 e. The molecule has 0 amide bonds. The van der Waals surface area contributed by atoms with Gasteiger partial charge in [-0.15, -0.1) is 0 Å².